The summed E-state index contributed by atoms with van der Waals surface area (Å²) in [6.07, 6.45) is 1.95. The molecule has 2 aliphatic rings. The summed E-state index contributed by atoms with van der Waals surface area (Å²) in [6.45, 7) is 1.89. The number of fused-ring (bicyclic) bond motifs is 1. The Hall–Kier alpha value is -2.47. The average molecular weight is 373 g/mol. The maximum atomic E-state index is 13.4. The number of Topliss-reactive ketones (excluding diaryl/α,β-unsaturated/α-hetero) is 1. The van der Waals surface area contributed by atoms with E-state index in [-0.39, 0.29) is 29.8 Å². The van der Waals surface area contributed by atoms with Crippen LogP contribution in [0.15, 0.2) is 42.5 Å². The number of phenolic OH excluding ortho intramolecular Hbond substituents is 1. The summed E-state index contributed by atoms with van der Waals surface area (Å²) < 4.78 is 32.4. The summed E-state index contributed by atoms with van der Waals surface area (Å²) in [4.78, 5) is 14.5. The van der Waals surface area contributed by atoms with Crippen LogP contribution in [0, 0.1) is 23.5 Å². The van der Waals surface area contributed by atoms with Crippen LogP contribution in [-0.2, 0) is 0 Å². The van der Waals surface area contributed by atoms with Crippen molar-refractivity contribution in [1.82, 2.24) is 4.90 Å². The molecule has 0 aromatic heterocycles. The van der Waals surface area contributed by atoms with Gasteiger partial charge >= 0.3 is 0 Å². The van der Waals surface area contributed by atoms with Crippen LogP contribution in [-0.4, -0.2) is 41.5 Å². The lowest BCUT2D eigenvalue weighted by atomic mass is 10.0. The van der Waals surface area contributed by atoms with Crippen LogP contribution in [0.4, 0.5) is 8.78 Å². The van der Waals surface area contributed by atoms with Crippen LogP contribution in [0.5, 0.6) is 11.5 Å². The highest BCUT2D eigenvalue weighted by Crippen LogP contribution is 2.39. The largest absolute Gasteiger partial charge is 0.505 e. The third-order valence-corrected chi connectivity index (χ3v) is 5.54. The van der Waals surface area contributed by atoms with E-state index < -0.39 is 11.6 Å². The van der Waals surface area contributed by atoms with Crippen LogP contribution in [0.2, 0.25) is 0 Å². The van der Waals surface area contributed by atoms with Gasteiger partial charge in [0.2, 0.25) is 0 Å². The normalized spacial score (nSPS) is 24.7. The number of aromatic hydroxyl groups is 1. The molecule has 1 saturated heterocycles. The smallest absolute Gasteiger partial charge is 0.176 e. The molecule has 1 N–H and O–H groups in total. The molecule has 0 unspecified atom stereocenters. The SMILES string of the molecule is O=C(CN1C[C@H]2C[C@@H](Oc3ccc(F)cc3)C[C@H]2C1)c1ccc(O)c(F)c1. The average Bonchev–Trinajstić information content (AvgIpc) is 3.17. The van der Waals surface area contributed by atoms with Crippen LogP contribution < -0.4 is 4.74 Å². The van der Waals surface area contributed by atoms with Crippen molar-refractivity contribution < 1.29 is 23.4 Å². The third-order valence-electron chi connectivity index (χ3n) is 5.54. The molecule has 4 nitrogen and oxygen atoms in total. The quantitative estimate of drug-likeness (QED) is 0.813. The first-order valence-electron chi connectivity index (χ1n) is 9.14. The number of hydrogen-bond acceptors (Lipinski definition) is 4. The van der Waals surface area contributed by atoms with Crippen molar-refractivity contribution in [1.29, 1.82) is 0 Å². The molecular weight excluding hydrogens is 352 g/mol. The molecule has 142 valence electrons. The Balaban J connectivity index is 1.30. The number of rotatable bonds is 5. The molecule has 1 aliphatic carbocycles. The lowest BCUT2D eigenvalue weighted by molar-refractivity contribution is 0.0936. The molecule has 1 saturated carbocycles. The Kier molecular flexibility index (Phi) is 4.83. The summed E-state index contributed by atoms with van der Waals surface area (Å²) >= 11 is 0. The van der Waals surface area contributed by atoms with E-state index in [1.54, 1.807) is 12.1 Å². The number of carbonyl (C=O) groups is 1. The second-order valence-corrected chi connectivity index (χ2v) is 7.47. The van der Waals surface area contributed by atoms with Gasteiger partial charge in [-0.25, -0.2) is 8.78 Å². The number of phenols is 1. The van der Waals surface area contributed by atoms with Crippen LogP contribution in [0.3, 0.4) is 0 Å². The van der Waals surface area contributed by atoms with Crippen molar-refractivity contribution >= 4 is 5.78 Å². The van der Waals surface area contributed by atoms with E-state index in [1.807, 2.05) is 0 Å². The van der Waals surface area contributed by atoms with E-state index >= 15 is 0 Å². The van der Waals surface area contributed by atoms with E-state index in [0.717, 1.165) is 32.0 Å². The Bertz CT molecular complexity index is 826. The van der Waals surface area contributed by atoms with Gasteiger partial charge < -0.3 is 9.84 Å². The lowest BCUT2D eigenvalue weighted by Crippen LogP contribution is -2.30. The number of ether oxygens (including phenoxy) is 1. The van der Waals surface area contributed by atoms with E-state index in [1.165, 1.54) is 24.3 Å². The van der Waals surface area contributed by atoms with Crippen LogP contribution in [0.25, 0.3) is 0 Å². The highest BCUT2D eigenvalue weighted by molar-refractivity contribution is 5.97. The summed E-state index contributed by atoms with van der Waals surface area (Å²) in [5.41, 5.74) is 0.278. The fourth-order valence-corrected chi connectivity index (χ4v) is 4.25. The maximum absolute atomic E-state index is 13.4. The predicted molar refractivity (Wildman–Crippen MR) is 95.9 cm³/mol. The molecule has 1 heterocycles. The minimum Gasteiger partial charge on any atom is -0.505 e. The third kappa shape index (κ3) is 3.95. The zero-order valence-electron chi connectivity index (χ0n) is 14.8. The molecule has 1 aliphatic heterocycles. The zero-order valence-corrected chi connectivity index (χ0v) is 14.8. The van der Waals surface area contributed by atoms with E-state index in [4.69, 9.17) is 4.74 Å². The van der Waals surface area contributed by atoms with Crippen LogP contribution in [0.1, 0.15) is 23.2 Å². The lowest BCUT2D eigenvalue weighted by Gasteiger charge is -2.19. The fourth-order valence-electron chi connectivity index (χ4n) is 4.25. The van der Waals surface area contributed by atoms with E-state index in [9.17, 15) is 18.7 Å². The topological polar surface area (TPSA) is 49.8 Å². The Morgan fingerprint density at radius 1 is 1.07 bits per heavy atom. The molecule has 27 heavy (non-hydrogen) atoms. The predicted octanol–water partition coefficient (Wildman–Crippen LogP) is 3.64. The molecular formula is C21H21F2NO3. The molecule has 0 radical (unpaired) electrons. The number of nitrogens with zero attached hydrogens (tertiary/aromatic N) is 1. The van der Waals surface area contributed by atoms with Gasteiger partial charge in [0, 0.05) is 18.7 Å². The van der Waals surface area contributed by atoms with Crippen molar-refractivity contribution in [3.05, 3.63) is 59.7 Å². The van der Waals surface area contributed by atoms with Crippen molar-refractivity contribution in [3.8, 4) is 11.5 Å². The minimum atomic E-state index is -0.778. The molecule has 6 heteroatoms. The minimum absolute atomic E-state index is 0.120. The summed E-state index contributed by atoms with van der Waals surface area (Å²) in [5.74, 6) is -0.0239. The van der Waals surface area contributed by atoms with Crippen LogP contribution >= 0.6 is 0 Å². The highest BCUT2D eigenvalue weighted by Gasteiger charge is 2.42. The summed E-state index contributed by atoms with van der Waals surface area (Å²) in [6, 6.07) is 9.82. The molecule has 0 bridgehead atoms. The fraction of sp³-hybridized carbons (Fsp3) is 0.381. The summed E-state index contributed by atoms with van der Waals surface area (Å²) in [5, 5.41) is 9.24. The Morgan fingerprint density at radius 3 is 2.37 bits per heavy atom. The second kappa shape index (κ2) is 7.27. The van der Waals surface area contributed by atoms with Gasteiger partial charge in [0.05, 0.1) is 12.6 Å². The first-order valence-corrected chi connectivity index (χ1v) is 9.14. The molecule has 2 fully saturated rings. The Morgan fingerprint density at radius 2 is 1.74 bits per heavy atom. The molecule has 0 spiro atoms. The second-order valence-electron chi connectivity index (χ2n) is 7.47. The maximum Gasteiger partial charge on any atom is 0.176 e. The van der Waals surface area contributed by atoms with Gasteiger partial charge in [-0.2, -0.15) is 0 Å². The van der Waals surface area contributed by atoms with Gasteiger partial charge in [0.15, 0.2) is 17.3 Å². The zero-order chi connectivity index (χ0) is 19.0. The molecule has 2 aromatic rings. The van der Waals surface area contributed by atoms with Gasteiger partial charge in [-0.15, -0.1) is 0 Å². The Labute approximate surface area is 156 Å². The number of carbonyl (C=O) groups excluding carboxylic acids is 1. The molecule has 4 rings (SSSR count). The highest BCUT2D eigenvalue weighted by atomic mass is 19.1. The monoisotopic (exact) mass is 373 g/mol. The van der Waals surface area contributed by atoms with Crippen molar-refractivity contribution in [2.24, 2.45) is 11.8 Å². The van der Waals surface area contributed by atoms with E-state index in [0.29, 0.717) is 17.6 Å². The van der Waals surface area contributed by atoms with Gasteiger partial charge in [-0.1, -0.05) is 0 Å². The number of hydrogen-bond donors (Lipinski definition) is 1. The van der Waals surface area contributed by atoms with Crippen molar-refractivity contribution in [2.75, 3.05) is 19.6 Å². The number of halogens is 2. The standard InChI is InChI=1S/C21H21F2NO3/c22-16-2-4-17(5-3-16)27-18-7-14-10-24(11-15(14)8-18)12-21(26)13-1-6-20(25)19(23)9-13/h1-6,9,14-15,18,25H,7-8,10-12H2/t14-,15+,18-. The van der Waals surface area contributed by atoms with Gasteiger partial charge in [0.25, 0.3) is 0 Å². The van der Waals surface area contributed by atoms with Gasteiger partial charge in [0.1, 0.15) is 11.6 Å². The van der Waals surface area contributed by atoms with Crippen molar-refractivity contribution in [3.63, 3.8) is 0 Å². The number of benzene rings is 2. The molecule has 3 atom stereocenters. The first kappa shape index (κ1) is 17.9. The molecule has 2 aromatic carbocycles. The van der Waals surface area contributed by atoms with E-state index in [2.05, 4.69) is 4.90 Å². The van der Waals surface area contributed by atoms with Crippen molar-refractivity contribution in [2.45, 2.75) is 18.9 Å². The number of likely N-dealkylation sites (tertiary alicyclic amines) is 1. The van der Waals surface area contributed by atoms with Gasteiger partial charge in [-0.05, 0) is 67.1 Å². The summed E-state index contributed by atoms with van der Waals surface area (Å²) in [7, 11) is 0. The molecule has 0 amide bonds. The number of ketones is 1. The van der Waals surface area contributed by atoms with Gasteiger partial charge in [-0.3, -0.25) is 9.69 Å². The first-order chi connectivity index (χ1) is 13.0.